The summed E-state index contributed by atoms with van der Waals surface area (Å²) in [6, 6.07) is 15.6. The number of carboxylic acid groups (broad SMARTS) is 1. The van der Waals surface area contributed by atoms with Gasteiger partial charge in [0.2, 0.25) is 0 Å². The van der Waals surface area contributed by atoms with Crippen molar-refractivity contribution in [3.05, 3.63) is 96.1 Å². The van der Waals surface area contributed by atoms with E-state index in [2.05, 4.69) is 9.97 Å². The number of nitriles is 1. The maximum absolute atomic E-state index is 12.8. The van der Waals surface area contributed by atoms with E-state index in [1.165, 1.54) is 87.3 Å². The fourth-order valence-electron chi connectivity index (χ4n) is 2.76. The molecular weight excluding hydrogens is 488 g/mol. The Kier molecular flexibility index (Phi) is 8.88. The van der Waals surface area contributed by atoms with Crippen molar-refractivity contribution in [2.45, 2.75) is 0 Å². The Labute approximate surface area is 210 Å². The van der Waals surface area contributed by atoms with Gasteiger partial charge in [0.15, 0.2) is 28.7 Å². The SMILES string of the molecule is COc1cc(C#N)ncc1Oc1ccc(F)cc1.COc1cc(C(=O)O)ncc1Oc1ccc(F)cc1. The predicted molar refractivity (Wildman–Crippen MR) is 126 cm³/mol. The van der Waals surface area contributed by atoms with Gasteiger partial charge >= 0.3 is 5.97 Å². The highest BCUT2D eigenvalue weighted by Gasteiger charge is 2.12. The average molecular weight is 507 g/mol. The lowest BCUT2D eigenvalue weighted by Gasteiger charge is -2.10. The number of ether oxygens (including phenoxy) is 4. The molecule has 0 aliphatic rings. The van der Waals surface area contributed by atoms with Gasteiger partial charge in [-0.25, -0.2) is 23.5 Å². The number of carboxylic acids is 1. The van der Waals surface area contributed by atoms with Gasteiger partial charge in [-0.2, -0.15) is 5.26 Å². The predicted octanol–water partition coefficient (Wildman–Crippen LogP) is 5.61. The molecule has 11 heteroatoms. The highest BCUT2D eigenvalue weighted by atomic mass is 19.1. The third-order valence-corrected chi connectivity index (χ3v) is 4.52. The summed E-state index contributed by atoms with van der Waals surface area (Å²) in [6.45, 7) is 0. The molecule has 2 aromatic carbocycles. The number of aromatic carboxylic acids is 1. The third kappa shape index (κ3) is 7.37. The third-order valence-electron chi connectivity index (χ3n) is 4.52. The van der Waals surface area contributed by atoms with Crippen LogP contribution >= 0.6 is 0 Å². The van der Waals surface area contributed by atoms with Crippen LogP contribution in [-0.4, -0.2) is 35.3 Å². The first-order valence-corrected chi connectivity index (χ1v) is 10.4. The van der Waals surface area contributed by atoms with E-state index in [0.29, 0.717) is 23.0 Å². The lowest BCUT2D eigenvalue weighted by atomic mass is 10.3. The maximum Gasteiger partial charge on any atom is 0.354 e. The quantitative estimate of drug-likeness (QED) is 0.340. The fraction of sp³-hybridized carbons (Fsp3) is 0.0769. The molecule has 0 bridgehead atoms. The Morgan fingerprint density at radius 2 is 1.24 bits per heavy atom. The number of methoxy groups -OCH3 is 2. The molecule has 0 aliphatic heterocycles. The number of rotatable bonds is 7. The van der Waals surface area contributed by atoms with Crippen LogP contribution in [0.2, 0.25) is 0 Å². The molecule has 0 aliphatic carbocycles. The molecule has 1 N–H and O–H groups in total. The van der Waals surface area contributed by atoms with E-state index in [0.717, 1.165) is 0 Å². The molecule has 0 fully saturated rings. The van der Waals surface area contributed by atoms with Crippen LogP contribution in [0.3, 0.4) is 0 Å². The minimum absolute atomic E-state index is 0.150. The zero-order valence-electron chi connectivity index (χ0n) is 19.5. The van der Waals surface area contributed by atoms with E-state index in [-0.39, 0.29) is 34.5 Å². The van der Waals surface area contributed by atoms with Gasteiger partial charge in [0.1, 0.15) is 34.9 Å². The van der Waals surface area contributed by atoms with Crippen molar-refractivity contribution in [2.24, 2.45) is 0 Å². The van der Waals surface area contributed by atoms with Crippen molar-refractivity contribution in [3.8, 4) is 40.6 Å². The summed E-state index contributed by atoms with van der Waals surface area (Å²) >= 11 is 0. The van der Waals surface area contributed by atoms with E-state index < -0.39 is 5.97 Å². The van der Waals surface area contributed by atoms with Crippen molar-refractivity contribution in [3.63, 3.8) is 0 Å². The summed E-state index contributed by atoms with van der Waals surface area (Å²) < 4.78 is 46.6. The minimum atomic E-state index is -1.16. The molecule has 0 unspecified atom stereocenters. The summed E-state index contributed by atoms with van der Waals surface area (Å²) in [7, 11) is 2.85. The Hall–Kier alpha value is -5.24. The smallest absolute Gasteiger partial charge is 0.354 e. The van der Waals surface area contributed by atoms with Crippen LogP contribution in [0, 0.1) is 23.0 Å². The van der Waals surface area contributed by atoms with Gasteiger partial charge in [-0.05, 0) is 48.5 Å². The molecule has 0 radical (unpaired) electrons. The van der Waals surface area contributed by atoms with E-state index in [9.17, 15) is 13.6 Å². The van der Waals surface area contributed by atoms with Crippen molar-refractivity contribution < 1.29 is 37.6 Å². The lowest BCUT2D eigenvalue weighted by molar-refractivity contribution is 0.0690. The Morgan fingerprint density at radius 3 is 1.68 bits per heavy atom. The molecule has 0 atom stereocenters. The molecule has 9 nitrogen and oxygen atoms in total. The Morgan fingerprint density at radius 1 is 0.784 bits per heavy atom. The van der Waals surface area contributed by atoms with Gasteiger partial charge in [-0.15, -0.1) is 0 Å². The van der Waals surface area contributed by atoms with Gasteiger partial charge < -0.3 is 24.1 Å². The largest absolute Gasteiger partial charge is 0.493 e. The number of hydrogen-bond donors (Lipinski definition) is 1. The van der Waals surface area contributed by atoms with E-state index in [1.807, 2.05) is 6.07 Å². The molecule has 4 aromatic rings. The maximum atomic E-state index is 12.8. The topological polar surface area (TPSA) is 124 Å². The van der Waals surface area contributed by atoms with Gasteiger partial charge in [-0.1, -0.05) is 0 Å². The highest BCUT2D eigenvalue weighted by Crippen LogP contribution is 2.32. The van der Waals surface area contributed by atoms with E-state index in [4.69, 9.17) is 29.3 Å². The Balaban J connectivity index is 0.000000206. The molecule has 4 rings (SSSR count). The van der Waals surface area contributed by atoms with Crippen LogP contribution in [0.1, 0.15) is 16.2 Å². The number of benzene rings is 2. The summed E-state index contributed by atoms with van der Waals surface area (Å²) in [6.07, 6.45) is 2.63. The van der Waals surface area contributed by atoms with Crippen LogP contribution in [0.4, 0.5) is 8.78 Å². The fourth-order valence-corrected chi connectivity index (χ4v) is 2.76. The molecule has 0 saturated heterocycles. The van der Waals surface area contributed by atoms with Gasteiger partial charge in [0, 0.05) is 12.1 Å². The number of carbonyl (C=O) groups is 1. The van der Waals surface area contributed by atoms with Crippen molar-refractivity contribution in [1.29, 1.82) is 5.26 Å². The average Bonchev–Trinajstić information content (AvgIpc) is 2.92. The number of pyridine rings is 2. The highest BCUT2D eigenvalue weighted by molar-refractivity contribution is 5.86. The summed E-state index contributed by atoms with van der Waals surface area (Å²) in [5, 5.41) is 17.5. The van der Waals surface area contributed by atoms with Crippen molar-refractivity contribution in [2.75, 3.05) is 14.2 Å². The second-order valence-corrected chi connectivity index (χ2v) is 6.97. The van der Waals surface area contributed by atoms with Crippen LogP contribution in [0.15, 0.2) is 73.1 Å². The van der Waals surface area contributed by atoms with Crippen LogP contribution in [-0.2, 0) is 0 Å². The minimum Gasteiger partial charge on any atom is -0.493 e. The molecule has 2 aromatic heterocycles. The molecule has 188 valence electrons. The summed E-state index contributed by atoms with van der Waals surface area (Å²) in [5.74, 6) is 0.216. The normalized spacial score (nSPS) is 9.81. The second kappa shape index (κ2) is 12.5. The number of aromatic nitrogens is 2. The van der Waals surface area contributed by atoms with Gasteiger partial charge in [-0.3, -0.25) is 0 Å². The summed E-state index contributed by atoms with van der Waals surface area (Å²) in [5.41, 5.74) is 0.0848. The molecule has 2 heterocycles. The first-order valence-electron chi connectivity index (χ1n) is 10.4. The van der Waals surface area contributed by atoms with E-state index in [1.54, 1.807) is 0 Å². The first kappa shape index (κ1) is 26.4. The summed E-state index contributed by atoms with van der Waals surface area (Å²) in [4.78, 5) is 18.4. The number of halogens is 2. The molecule has 0 amide bonds. The monoisotopic (exact) mass is 507 g/mol. The zero-order chi connectivity index (χ0) is 26.8. The molecule has 0 saturated carbocycles. The molecular formula is C26H19F2N3O6. The number of nitrogens with zero attached hydrogens (tertiary/aromatic N) is 3. The van der Waals surface area contributed by atoms with Crippen molar-refractivity contribution in [1.82, 2.24) is 9.97 Å². The lowest BCUT2D eigenvalue weighted by Crippen LogP contribution is -2.01. The molecule has 0 spiro atoms. The Bertz CT molecular complexity index is 1410. The standard InChI is InChI=1S/C13H9FN2O2.C13H10FNO4/c1-17-12-6-10(7-15)16-8-13(12)18-11-4-2-9(14)3-5-11;1-18-11-6-10(13(16)17)15-7-12(11)19-9-4-2-8(14)3-5-9/h2-6,8H,1H3;2-7H,1H3,(H,16,17). The van der Waals surface area contributed by atoms with E-state index >= 15 is 0 Å². The van der Waals surface area contributed by atoms with Crippen LogP contribution in [0.25, 0.3) is 0 Å². The zero-order valence-corrected chi connectivity index (χ0v) is 19.5. The first-order chi connectivity index (χ1) is 17.8. The van der Waals surface area contributed by atoms with Gasteiger partial charge in [0.05, 0.1) is 26.6 Å². The van der Waals surface area contributed by atoms with Crippen LogP contribution < -0.4 is 18.9 Å². The molecule has 37 heavy (non-hydrogen) atoms. The van der Waals surface area contributed by atoms with Crippen LogP contribution in [0.5, 0.6) is 34.5 Å². The number of hydrogen-bond acceptors (Lipinski definition) is 8. The van der Waals surface area contributed by atoms with Crippen molar-refractivity contribution >= 4 is 5.97 Å². The second-order valence-electron chi connectivity index (χ2n) is 6.97. The van der Waals surface area contributed by atoms with Gasteiger partial charge in [0.25, 0.3) is 0 Å².